The van der Waals surface area contributed by atoms with Crippen molar-refractivity contribution in [1.29, 1.82) is 0 Å². The van der Waals surface area contributed by atoms with Crippen LogP contribution in [0.1, 0.15) is 44.4 Å². The summed E-state index contributed by atoms with van der Waals surface area (Å²) < 4.78 is 6.40. The van der Waals surface area contributed by atoms with Crippen LogP contribution < -0.4 is 0 Å². The normalized spacial score (nSPS) is 23.6. The molecule has 2 atom stereocenters. The van der Waals surface area contributed by atoms with Crippen molar-refractivity contribution in [3.8, 4) is 0 Å². The maximum absolute atomic E-state index is 10.6. The van der Waals surface area contributed by atoms with Crippen molar-refractivity contribution in [2.45, 2.75) is 64.0 Å². The topological polar surface area (TPSA) is 29.5 Å². The van der Waals surface area contributed by atoms with Crippen molar-refractivity contribution in [2.24, 2.45) is 0 Å². The highest BCUT2D eigenvalue weighted by molar-refractivity contribution is 6.74. The highest BCUT2D eigenvalue weighted by Crippen LogP contribution is 2.42. The van der Waals surface area contributed by atoms with Gasteiger partial charge in [0, 0.05) is 10.6 Å². The van der Waals surface area contributed by atoms with E-state index in [2.05, 4.69) is 33.9 Å². The predicted octanol–water partition coefficient (Wildman–Crippen LogP) is 4.71. The van der Waals surface area contributed by atoms with E-state index < -0.39 is 14.4 Å². The first-order valence-electron chi connectivity index (χ1n) is 7.26. The molecule has 0 saturated heterocycles. The van der Waals surface area contributed by atoms with Gasteiger partial charge in [-0.1, -0.05) is 44.5 Å². The number of aryl methyl sites for hydroxylation is 1. The monoisotopic (exact) mass is 312 g/mol. The largest absolute Gasteiger partial charge is 0.411 e. The molecule has 0 aliphatic heterocycles. The highest BCUT2D eigenvalue weighted by Gasteiger charge is 2.42. The zero-order chi connectivity index (χ0) is 15.1. The minimum absolute atomic E-state index is 0.136. The summed E-state index contributed by atoms with van der Waals surface area (Å²) in [5.74, 6) is 0. The first-order chi connectivity index (χ1) is 9.13. The van der Waals surface area contributed by atoms with Crippen LogP contribution in [-0.4, -0.2) is 19.5 Å². The second kappa shape index (κ2) is 5.45. The third kappa shape index (κ3) is 2.96. The average molecular weight is 313 g/mol. The van der Waals surface area contributed by atoms with Crippen LogP contribution in [0.25, 0.3) is 0 Å². The molecule has 0 unspecified atom stereocenters. The Morgan fingerprint density at radius 2 is 1.95 bits per heavy atom. The summed E-state index contributed by atoms with van der Waals surface area (Å²) in [4.78, 5) is 0. The van der Waals surface area contributed by atoms with Crippen LogP contribution in [0.4, 0.5) is 0 Å². The smallest absolute Gasteiger partial charge is 0.192 e. The fraction of sp³-hybridized carbons (Fsp3) is 0.625. The van der Waals surface area contributed by atoms with Crippen molar-refractivity contribution < 1.29 is 9.53 Å². The fourth-order valence-electron chi connectivity index (χ4n) is 2.45. The Balaban J connectivity index is 2.24. The molecule has 0 heterocycles. The van der Waals surface area contributed by atoms with Gasteiger partial charge in [0.1, 0.15) is 6.10 Å². The molecule has 1 aromatic rings. The van der Waals surface area contributed by atoms with Gasteiger partial charge in [0.15, 0.2) is 8.32 Å². The number of fused-ring (bicyclic) bond motifs is 1. The van der Waals surface area contributed by atoms with E-state index in [0.29, 0.717) is 5.02 Å². The molecule has 1 aromatic carbocycles. The number of halogens is 1. The fourth-order valence-corrected chi connectivity index (χ4v) is 4.11. The van der Waals surface area contributed by atoms with Gasteiger partial charge in [0.25, 0.3) is 0 Å². The molecule has 0 bridgehead atoms. The molecule has 1 aliphatic rings. The Morgan fingerprint density at radius 3 is 2.55 bits per heavy atom. The predicted molar refractivity (Wildman–Crippen MR) is 86.8 cm³/mol. The van der Waals surface area contributed by atoms with E-state index in [9.17, 15) is 5.11 Å². The van der Waals surface area contributed by atoms with E-state index in [0.717, 1.165) is 24.0 Å². The Labute approximate surface area is 128 Å². The van der Waals surface area contributed by atoms with E-state index in [4.69, 9.17) is 16.0 Å². The van der Waals surface area contributed by atoms with E-state index in [1.807, 2.05) is 18.2 Å². The van der Waals surface area contributed by atoms with E-state index >= 15 is 0 Å². The van der Waals surface area contributed by atoms with Gasteiger partial charge in [-0.05, 0) is 42.6 Å². The van der Waals surface area contributed by atoms with Crippen LogP contribution in [-0.2, 0) is 10.8 Å². The zero-order valence-electron chi connectivity index (χ0n) is 13.0. The van der Waals surface area contributed by atoms with Gasteiger partial charge >= 0.3 is 0 Å². The summed E-state index contributed by atoms with van der Waals surface area (Å²) in [6.45, 7) is 11.1. The zero-order valence-corrected chi connectivity index (χ0v) is 14.8. The summed E-state index contributed by atoms with van der Waals surface area (Å²) in [7, 11) is -1.88. The van der Waals surface area contributed by atoms with Crippen molar-refractivity contribution in [1.82, 2.24) is 0 Å². The van der Waals surface area contributed by atoms with Gasteiger partial charge in [-0.2, -0.15) is 0 Å². The minimum atomic E-state index is -1.88. The standard InChI is InChI=1S/C16H25ClO2Si/c1-16(2,3)20(4,5)19-13-10-9-11-7-6-8-12(17)14(11)15(13)18/h6-8,13,15,18H,9-10H2,1-5H3/t13-,15-/m1/s1. The van der Waals surface area contributed by atoms with Crippen molar-refractivity contribution in [3.63, 3.8) is 0 Å². The van der Waals surface area contributed by atoms with E-state index in [1.165, 1.54) is 0 Å². The third-order valence-corrected chi connectivity index (χ3v) is 9.58. The summed E-state index contributed by atoms with van der Waals surface area (Å²) in [5, 5.41) is 11.4. The summed E-state index contributed by atoms with van der Waals surface area (Å²) in [6, 6.07) is 5.84. The van der Waals surface area contributed by atoms with Crippen LogP contribution >= 0.6 is 11.6 Å². The van der Waals surface area contributed by atoms with Gasteiger partial charge in [-0.3, -0.25) is 0 Å². The SMILES string of the molecule is CC(C)(C)[Si](C)(C)O[C@@H]1CCc2cccc(Cl)c2[C@@H]1O. The molecule has 0 spiro atoms. The van der Waals surface area contributed by atoms with Crippen molar-refractivity contribution >= 4 is 19.9 Å². The maximum Gasteiger partial charge on any atom is 0.192 e. The lowest BCUT2D eigenvalue weighted by Gasteiger charge is -2.42. The number of hydrogen-bond acceptors (Lipinski definition) is 2. The molecule has 0 aromatic heterocycles. The van der Waals surface area contributed by atoms with Gasteiger partial charge in [-0.25, -0.2) is 0 Å². The Bertz CT molecular complexity index is 494. The van der Waals surface area contributed by atoms with Crippen LogP contribution in [0.2, 0.25) is 23.2 Å². The lowest BCUT2D eigenvalue weighted by atomic mass is 9.87. The minimum Gasteiger partial charge on any atom is -0.411 e. The van der Waals surface area contributed by atoms with Gasteiger partial charge in [0.2, 0.25) is 0 Å². The molecule has 0 radical (unpaired) electrons. The van der Waals surface area contributed by atoms with Crippen molar-refractivity contribution in [3.05, 3.63) is 34.3 Å². The molecule has 0 saturated carbocycles. The molecular formula is C16H25ClO2Si. The summed E-state index contributed by atoms with van der Waals surface area (Å²) in [5.41, 5.74) is 2.02. The van der Waals surface area contributed by atoms with Crippen LogP contribution in [0, 0.1) is 0 Å². The molecule has 4 heteroatoms. The van der Waals surface area contributed by atoms with Gasteiger partial charge in [-0.15, -0.1) is 0 Å². The molecule has 0 fully saturated rings. The lowest BCUT2D eigenvalue weighted by Crippen LogP contribution is -2.46. The number of aliphatic hydroxyl groups excluding tert-OH is 1. The molecule has 112 valence electrons. The average Bonchev–Trinajstić information content (AvgIpc) is 2.31. The van der Waals surface area contributed by atoms with Gasteiger partial charge < -0.3 is 9.53 Å². The second-order valence-corrected chi connectivity index (χ2v) is 12.4. The van der Waals surface area contributed by atoms with Crippen LogP contribution in [0.5, 0.6) is 0 Å². The molecule has 1 N–H and O–H groups in total. The molecule has 20 heavy (non-hydrogen) atoms. The lowest BCUT2D eigenvalue weighted by molar-refractivity contribution is 0.0145. The van der Waals surface area contributed by atoms with Crippen molar-refractivity contribution in [2.75, 3.05) is 0 Å². The quantitative estimate of drug-likeness (QED) is 0.801. The highest BCUT2D eigenvalue weighted by atomic mass is 35.5. The maximum atomic E-state index is 10.6. The molecule has 2 nitrogen and oxygen atoms in total. The molecule has 0 amide bonds. The first-order valence-corrected chi connectivity index (χ1v) is 10.6. The Morgan fingerprint density at radius 1 is 1.30 bits per heavy atom. The molecule has 2 rings (SSSR count). The summed E-state index contributed by atoms with van der Waals surface area (Å²) >= 11 is 6.26. The number of benzene rings is 1. The number of hydrogen-bond donors (Lipinski definition) is 1. The number of rotatable bonds is 2. The molecular weight excluding hydrogens is 288 g/mol. The van der Waals surface area contributed by atoms with E-state index in [1.54, 1.807) is 0 Å². The second-order valence-electron chi connectivity index (χ2n) is 7.21. The van der Waals surface area contributed by atoms with Crippen LogP contribution in [0.15, 0.2) is 18.2 Å². The van der Waals surface area contributed by atoms with Gasteiger partial charge in [0.05, 0.1) is 6.10 Å². The third-order valence-electron chi connectivity index (χ3n) is 4.74. The molecule has 1 aliphatic carbocycles. The Hall–Kier alpha value is -0.353. The van der Waals surface area contributed by atoms with E-state index in [-0.39, 0.29) is 11.1 Å². The van der Waals surface area contributed by atoms with Crippen LogP contribution in [0.3, 0.4) is 0 Å². The number of aliphatic hydroxyl groups is 1. The first kappa shape index (κ1) is 16.0. The summed E-state index contributed by atoms with van der Waals surface area (Å²) in [6.07, 6.45) is 1.04. The Kier molecular flexibility index (Phi) is 4.37.